The zero-order chi connectivity index (χ0) is 21.0. The van der Waals surface area contributed by atoms with Crippen LogP contribution in [0.25, 0.3) is 11.1 Å². The van der Waals surface area contributed by atoms with Crippen molar-refractivity contribution in [2.45, 2.75) is 26.7 Å². The molecule has 3 rings (SSSR count). The Morgan fingerprint density at radius 3 is 2.00 bits per heavy atom. The van der Waals surface area contributed by atoms with Gasteiger partial charge in [-0.25, -0.2) is 0 Å². The fourth-order valence-electron chi connectivity index (χ4n) is 3.80. The summed E-state index contributed by atoms with van der Waals surface area (Å²) in [4.78, 5) is 2.00. The number of hydrogen-bond donors (Lipinski definition) is 0. The molecule has 0 spiro atoms. The number of nitrogens with zero attached hydrogens (tertiary/aromatic N) is 4. The van der Waals surface area contributed by atoms with Gasteiger partial charge in [0.15, 0.2) is 0 Å². The maximum atomic E-state index is 9.84. The Labute approximate surface area is 172 Å². The van der Waals surface area contributed by atoms with Crippen molar-refractivity contribution < 1.29 is 0 Å². The van der Waals surface area contributed by atoms with E-state index in [-0.39, 0.29) is 11.0 Å². The van der Waals surface area contributed by atoms with Crippen molar-refractivity contribution >= 4 is 5.69 Å². The lowest BCUT2D eigenvalue weighted by atomic mass is 9.72. The summed E-state index contributed by atoms with van der Waals surface area (Å²) in [7, 11) is 1.93. The van der Waals surface area contributed by atoms with Crippen molar-refractivity contribution in [3.05, 3.63) is 77.0 Å². The molecule has 4 heteroatoms. The molecular formula is C25H22N4. The van der Waals surface area contributed by atoms with Crippen LogP contribution in [0.2, 0.25) is 0 Å². The highest BCUT2D eigenvalue weighted by atomic mass is 15.1. The predicted molar refractivity (Wildman–Crippen MR) is 114 cm³/mol. The van der Waals surface area contributed by atoms with Crippen LogP contribution in [-0.2, 0) is 0 Å². The first-order valence-electron chi connectivity index (χ1n) is 9.46. The summed E-state index contributed by atoms with van der Waals surface area (Å²) in [6.45, 7) is 4.19. The van der Waals surface area contributed by atoms with Crippen molar-refractivity contribution in [3.8, 4) is 29.3 Å². The molecule has 0 radical (unpaired) electrons. The summed E-state index contributed by atoms with van der Waals surface area (Å²) in [5.74, 6) is 0. The molecular weight excluding hydrogens is 356 g/mol. The molecule has 2 aromatic rings. The van der Waals surface area contributed by atoms with E-state index < -0.39 is 0 Å². The van der Waals surface area contributed by atoms with Gasteiger partial charge in [-0.1, -0.05) is 56.3 Å². The summed E-state index contributed by atoms with van der Waals surface area (Å²) >= 11 is 0. The summed E-state index contributed by atoms with van der Waals surface area (Å²) in [6.07, 6.45) is 1.23. The first-order valence-corrected chi connectivity index (χ1v) is 9.46. The average Bonchev–Trinajstić information content (AvgIpc) is 2.74. The maximum Gasteiger partial charge on any atom is 0.134 e. The molecule has 2 aromatic carbocycles. The van der Waals surface area contributed by atoms with Gasteiger partial charge in [-0.2, -0.15) is 15.8 Å². The number of anilines is 1. The van der Waals surface area contributed by atoms with Crippen LogP contribution >= 0.6 is 0 Å². The van der Waals surface area contributed by atoms with Gasteiger partial charge in [0.2, 0.25) is 0 Å². The molecule has 4 nitrogen and oxygen atoms in total. The van der Waals surface area contributed by atoms with Crippen LogP contribution in [-0.4, -0.2) is 7.05 Å². The van der Waals surface area contributed by atoms with Crippen molar-refractivity contribution in [1.82, 2.24) is 0 Å². The minimum Gasteiger partial charge on any atom is -0.347 e. The monoisotopic (exact) mass is 378 g/mol. The normalized spacial score (nSPS) is 15.1. The number of rotatable bonds is 3. The van der Waals surface area contributed by atoms with E-state index >= 15 is 0 Å². The van der Waals surface area contributed by atoms with Crippen LogP contribution in [0.3, 0.4) is 0 Å². The van der Waals surface area contributed by atoms with Crippen LogP contribution in [0.1, 0.15) is 26.7 Å². The molecule has 0 fully saturated rings. The molecule has 142 valence electrons. The third kappa shape index (κ3) is 4.06. The molecule has 0 aromatic heterocycles. The standard InChI is InChI=1S/C25H22N4/c1-25(2)13-22(20(15-26)16-27)23(17-28)24(14-25)29(3)21-11-9-19(10-12-21)18-7-5-4-6-8-18/h4-12H,13-14H2,1-3H3. The SMILES string of the molecule is CN(C1=C(C#N)C(=C(C#N)C#N)CC(C)(C)C1)c1ccc(-c2ccccc2)cc1. The van der Waals surface area contributed by atoms with Crippen molar-refractivity contribution in [2.75, 3.05) is 11.9 Å². The fourth-order valence-corrected chi connectivity index (χ4v) is 3.80. The molecule has 0 saturated carbocycles. The summed E-state index contributed by atoms with van der Waals surface area (Å²) in [5, 5.41) is 28.6. The van der Waals surface area contributed by atoms with Gasteiger partial charge in [-0.3, -0.25) is 0 Å². The molecule has 29 heavy (non-hydrogen) atoms. The van der Waals surface area contributed by atoms with Gasteiger partial charge in [0.05, 0.1) is 5.57 Å². The largest absolute Gasteiger partial charge is 0.347 e. The van der Waals surface area contributed by atoms with Crippen LogP contribution in [0.15, 0.2) is 77.0 Å². The van der Waals surface area contributed by atoms with Crippen LogP contribution < -0.4 is 4.90 Å². The van der Waals surface area contributed by atoms with Gasteiger partial charge < -0.3 is 4.90 Å². The van der Waals surface area contributed by atoms with Crippen molar-refractivity contribution in [1.29, 1.82) is 15.8 Å². The second kappa shape index (κ2) is 8.05. The minimum atomic E-state index is -0.151. The Kier molecular flexibility index (Phi) is 5.54. The van der Waals surface area contributed by atoms with Gasteiger partial charge >= 0.3 is 0 Å². The third-order valence-corrected chi connectivity index (χ3v) is 5.30. The zero-order valence-electron chi connectivity index (χ0n) is 16.9. The summed E-state index contributed by atoms with van der Waals surface area (Å²) in [5.41, 5.74) is 4.94. The molecule has 1 aliphatic rings. The second-order valence-electron chi connectivity index (χ2n) is 8.00. The highest BCUT2D eigenvalue weighted by molar-refractivity contribution is 5.68. The second-order valence-corrected chi connectivity index (χ2v) is 8.00. The first-order chi connectivity index (χ1) is 13.9. The zero-order valence-corrected chi connectivity index (χ0v) is 16.9. The lowest BCUT2D eigenvalue weighted by Crippen LogP contribution is -2.29. The lowest BCUT2D eigenvalue weighted by Gasteiger charge is -2.37. The smallest absolute Gasteiger partial charge is 0.134 e. The number of benzene rings is 2. The van der Waals surface area contributed by atoms with E-state index in [4.69, 9.17) is 0 Å². The Balaban J connectivity index is 2.05. The lowest BCUT2D eigenvalue weighted by molar-refractivity contribution is 0.345. The highest BCUT2D eigenvalue weighted by Gasteiger charge is 2.34. The number of allylic oxidation sites excluding steroid dienone is 4. The quantitative estimate of drug-likeness (QED) is 0.639. The Morgan fingerprint density at radius 2 is 1.45 bits per heavy atom. The van der Waals surface area contributed by atoms with Crippen molar-refractivity contribution in [2.24, 2.45) is 5.41 Å². The molecule has 1 aliphatic carbocycles. The Bertz CT molecular complexity index is 1080. The molecule has 0 unspecified atom stereocenters. The van der Waals surface area contributed by atoms with E-state index in [0.29, 0.717) is 24.0 Å². The Morgan fingerprint density at radius 1 is 0.862 bits per heavy atom. The van der Waals surface area contributed by atoms with Crippen LogP contribution in [0, 0.1) is 39.4 Å². The molecule has 0 saturated heterocycles. The summed E-state index contributed by atoms with van der Waals surface area (Å²) < 4.78 is 0. The molecule has 0 atom stereocenters. The fraction of sp³-hybridized carbons (Fsp3) is 0.240. The first kappa shape index (κ1) is 19.9. The van der Waals surface area contributed by atoms with Gasteiger partial charge in [0, 0.05) is 24.0 Å². The van der Waals surface area contributed by atoms with E-state index in [2.05, 4.69) is 44.2 Å². The van der Waals surface area contributed by atoms with E-state index in [0.717, 1.165) is 22.5 Å². The van der Waals surface area contributed by atoms with Crippen molar-refractivity contribution in [3.63, 3.8) is 0 Å². The molecule has 0 heterocycles. The van der Waals surface area contributed by atoms with E-state index in [9.17, 15) is 15.8 Å². The van der Waals surface area contributed by atoms with Gasteiger partial charge in [-0.15, -0.1) is 0 Å². The van der Waals surface area contributed by atoms with E-state index in [1.54, 1.807) is 0 Å². The molecule has 0 amide bonds. The molecule has 0 N–H and O–H groups in total. The minimum absolute atomic E-state index is 0.0275. The van der Waals surface area contributed by atoms with Gasteiger partial charge in [0.25, 0.3) is 0 Å². The van der Waals surface area contributed by atoms with E-state index in [1.165, 1.54) is 0 Å². The maximum absolute atomic E-state index is 9.84. The predicted octanol–water partition coefficient (Wildman–Crippen LogP) is 5.73. The van der Waals surface area contributed by atoms with Crippen LogP contribution in [0.4, 0.5) is 5.69 Å². The number of hydrogen-bond acceptors (Lipinski definition) is 4. The number of nitriles is 3. The summed E-state index contributed by atoms with van der Waals surface area (Å²) in [6, 6.07) is 24.5. The third-order valence-electron chi connectivity index (χ3n) is 5.30. The van der Waals surface area contributed by atoms with Crippen LogP contribution in [0.5, 0.6) is 0 Å². The van der Waals surface area contributed by atoms with Gasteiger partial charge in [0.1, 0.15) is 23.8 Å². The molecule has 0 bridgehead atoms. The Hall–Kier alpha value is -3.81. The highest BCUT2D eigenvalue weighted by Crippen LogP contribution is 2.44. The topological polar surface area (TPSA) is 74.6 Å². The van der Waals surface area contributed by atoms with Gasteiger partial charge in [-0.05, 0) is 41.5 Å². The average molecular weight is 378 g/mol. The molecule has 0 aliphatic heterocycles. The van der Waals surface area contributed by atoms with E-state index in [1.807, 2.05) is 54.4 Å².